The van der Waals surface area contributed by atoms with Crippen molar-refractivity contribution < 1.29 is 14.3 Å². The molecule has 34 heavy (non-hydrogen) atoms. The molecule has 0 fully saturated rings. The predicted molar refractivity (Wildman–Crippen MR) is 130 cm³/mol. The Morgan fingerprint density at radius 1 is 0.912 bits per heavy atom. The van der Waals surface area contributed by atoms with Crippen molar-refractivity contribution in [2.75, 3.05) is 17.7 Å². The van der Waals surface area contributed by atoms with Gasteiger partial charge in [-0.05, 0) is 75.7 Å². The second kappa shape index (κ2) is 9.62. The number of carbonyl (C=O) groups excluding carboxylic acids is 1. The fourth-order valence-electron chi connectivity index (χ4n) is 3.35. The van der Waals surface area contributed by atoms with Crippen LogP contribution in [0.2, 0.25) is 0 Å². The van der Waals surface area contributed by atoms with Gasteiger partial charge in [-0.25, -0.2) is 14.8 Å². The summed E-state index contributed by atoms with van der Waals surface area (Å²) in [4.78, 5) is 25.6. The third kappa shape index (κ3) is 5.15. The molecule has 0 bridgehead atoms. The first-order valence-corrected chi connectivity index (χ1v) is 10.7. The number of ether oxygens (including phenoxy) is 2. The topological polar surface area (TPSA) is 103 Å². The molecule has 0 spiro atoms. The van der Waals surface area contributed by atoms with E-state index in [1.54, 1.807) is 55.9 Å². The van der Waals surface area contributed by atoms with Crippen molar-refractivity contribution in [1.82, 2.24) is 19.5 Å². The molecule has 174 valence electrons. The number of carbonyl (C=O) groups is 1. The molecule has 0 saturated carbocycles. The average molecular weight is 459 g/mol. The summed E-state index contributed by atoms with van der Waals surface area (Å²) in [6.45, 7) is 7.65. The summed E-state index contributed by atoms with van der Waals surface area (Å²) in [7, 11) is 1.61. The van der Waals surface area contributed by atoms with Gasteiger partial charge >= 0.3 is 6.03 Å². The van der Waals surface area contributed by atoms with Crippen LogP contribution >= 0.6 is 0 Å². The van der Waals surface area contributed by atoms with Crippen LogP contribution in [0.5, 0.6) is 17.4 Å². The molecule has 0 unspecified atom stereocenters. The normalized spacial score (nSPS) is 10.6. The smallest absolute Gasteiger partial charge is 0.323 e. The number of anilines is 2. The Morgan fingerprint density at radius 2 is 1.65 bits per heavy atom. The van der Waals surface area contributed by atoms with E-state index in [9.17, 15) is 4.79 Å². The molecular weight excluding hydrogens is 432 g/mol. The molecule has 2 N–H and O–H groups in total. The Balaban J connectivity index is 1.42. The van der Waals surface area contributed by atoms with E-state index >= 15 is 0 Å². The number of hydrogen-bond acceptors (Lipinski definition) is 6. The molecule has 2 amide bonds. The maximum atomic E-state index is 12.4. The van der Waals surface area contributed by atoms with Gasteiger partial charge in [0.2, 0.25) is 5.88 Å². The molecule has 4 rings (SSSR count). The molecule has 4 aromatic rings. The first kappa shape index (κ1) is 22.8. The zero-order valence-corrected chi connectivity index (χ0v) is 19.7. The highest BCUT2D eigenvalue weighted by Gasteiger charge is 2.11. The van der Waals surface area contributed by atoms with Gasteiger partial charge in [0.1, 0.15) is 29.5 Å². The van der Waals surface area contributed by atoms with Crippen molar-refractivity contribution in [3.63, 3.8) is 0 Å². The summed E-state index contributed by atoms with van der Waals surface area (Å²) in [6.07, 6.45) is 1.73. The van der Waals surface area contributed by atoms with Crippen LogP contribution in [-0.2, 0) is 0 Å². The van der Waals surface area contributed by atoms with Crippen LogP contribution in [0.3, 0.4) is 0 Å². The monoisotopic (exact) mass is 458 g/mol. The Hall–Kier alpha value is -4.40. The number of nitrogens with one attached hydrogen (secondary N) is 2. The fraction of sp³-hybridized carbons (Fsp3) is 0.200. The Kier molecular flexibility index (Phi) is 6.44. The number of nitrogens with zero attached hydrogens (tertiary/aromatic N) is 4. The fourth-order valence-corrected chi connectivity index (χ4v) is 3.35. The van der Waals surface area contributed by atoms with Gasteiger partial charge in [-0.2, -0.15) is 4.98 Å². The van der Waals surface area contributed by atoms with E-state index in [0.29, 0.717) is 34.6 Å². The van der Waals surface area contributed by atoms with Crippen molar-refractivity contribution in [3.05, 3.63) is 77.6 Å². The standard InChI is InChI=1S/C25H26N6O3/c1-15-12-21(33-5)10-11-22(15)30-25(32)29-19-6-8-20(9-7-19)34-24-13-23(27-18(4)28-24)31-14-26-16(2)17(31)3/h6-14H,1-5H3,(H2,29,30,32). The SMILES string of the molecule is COc1ccc(NC(=O)Nc2ccc(Oc3cc(-n4cnc(C)c4C)nc(C)n3)cc2)c(C)c1. The van der Waals surface area contributed by atoms with Crippen LogP contribution in [0, 0.1) is 27.7 Å². The number of benzene rings is 2. The lowest BCUT2D eigenvalue weighted by Gasteiger charge is -2.12. The van der Waals surface area contributed by atoms with Crippen molar-refractivity contribution >= 4 is 17.4 Å². The molecule has 9 heteroatoms. The number of rotatable bonds is 6. The van der Waals surface area contributed by atoms with Gasteiger partial charge in [0, 0.05) is 23.1 Å². The van der Waals surface area contributed by atoms with Gasteiger partial charge in [-0.1, -0.05) is 0 Å². The van der Waals surface area contributed by atoms with Crippen molar-refractivity contribution in [3.8, 4) is 23.2 Å². The zero-order chi connectivity index (χ0) is 24.2. The van der Waals surface area contributed by atoms with E-state index < -0.39 is 0 Å². The van der Waals surface area contributed by atoms with E-state index in [1.165, 1.54) is 0 Å². The highest BCUT2D eigenvalue weighted by molar-refractivity contribution is 6.00. The number of aromatic nitrogens is 4. The molecule has 0 aliphatic carbocycles. The van der Waals surface area contributed by atoms with Gasteiger partial charge < -0.3 is 20.1 Å². The summed E-state index contributed by atoms with van der Waals surface area (Å²) < 4.78 is 13.0. The van der Waals surface area contributed by atoms with Crippen molar-refractivity contribution in [2.24, 2.45) is 0 Å². The molecule has 0 saturated heterocycles. The van der Waals surface area contributed by atoms with E-state index in [1.807, 2.05) is 38.3 Å². The maximum Gasteiger partial charge on any atom is 0.323 e. The van der Waals surface area contributed by atoms with E-state index in [-0.39, 0.29) is 6.03 Å². The Labute approximate surface area is 197 Å². The second-order valence-electron chi connectivity index (χ2n) is 7.78. The first-order chi connectivity index (χ1) is 16.3. The van der Waals surface area contributed by atoms with Crippen molar-refractivity contribution in [1.29, 1.82) is 0 Å². The number of methoxy groups -OCH3 is 1. The molecule has 0 aliphatic heterocycles. The van der Waals surface area contributed by atoms with E-state index in [2.05, 4.69) is 25.6 Å². The molecule has 0 aliphatic rings. The number of imidazole rings is 1. The molecule has 2 heterocycles. The van der Waals surface area contributed by atoms with Gasteiger partial charge in [0.25, 0.3) is 0 Å². The largest absolute Gasteiger partial charge is 0.497 e. The second-order valence-corrected chi connectivity index (χ2v) is 7.78. The minimum absolute atomic E-state index is 0.344. The summed E-state index contributed by atoms with van der Waals surface area (Å²) in [6, 6.07) is 13.9. The third-order valence-corrected chi connectivity index (χ3v) is 5.32. The van der Waals surface area contributed by atoms with Crippen LogP contribution in [0.1, 0.15) is 22.8 Å². The zero-order valence-electron chi connectivity index (χ0n) is 19.7. The van der Waals surface area contributed by atoms with Crippen LogP contribution in [0.4, 0.5) is 16.2 Å². The highest BCUT2D eigenvalue weighted by Crippen LogP contribution is 2.25. The van der Waals surface area contributed by atoms with Crippen LogP contribution in [0.25, 0.3) is 5.82 Å². The summed E-state index contributed by atoms with van der Waals surface area (Å²) >= 11 is 0. The molecular formula is C25H26N6O3. The summed E-state index contributed by atoms with van der Waals surface area (Å²) in [5.41, 5.74) is 4.17. The minimum Gasteiger partial charge on any atom is -0.497 e. The lowest BCUT2D eigenvalue weighted by molar-refractivity contribution is 0.262. The Morgan fingerprint density at radius 3 is 2.29 bits per heavy atom. The van der Waals surface area contributed by atoms with Gasteiger partial charge in [0.15, 0.2) is 0 Å². The number of aryl methyl sites for hydroxylation is 3. The molecule has 9 nitrogen and oxygen atoms in total. The van der Waals surface area contributed by atoms with E-state index in [0.717, 1.165) is 22.7 Å². The van der Waals surface area contributed by atoms with Crippen LogP contribution in [-0.4, -0.2) is 32.7 Å². The van der Waals surface area contributed by atoms with Crippen LogP contribution in [0.15, 0.2) is 54.9 Å². The summed E-state index contributed by atoms with van der Waals surface area (Å²) in [5.74, 6) is 3.01. The summed E-state index contributed by atoms with van der Waals surface area (Å²) in [5, 5.41) is 5.65. The Bertz CT molecular complexity index is 1330. The number of amides is 2. The van der Waals surface area contributed by atoms with Gasteiger partial charge in [-0.3, -0.25) is 4.57 Å². The molecule has 0 atom stereocenters. The van der Waals surface area contributed by atoms with Gasteiger partial charge in [-0.15, -0.1) is 0 Å². The lowest BCUT2D eigenvalue weighted by atomic mass is 10.2. The molecule has 0 radical (unpaired) electrons. The quantitative estimate of drug-likeness (QED) is 0.404. The van der Waals surface area contributed by atoms with Crippen molar-refractivity contribution in [2.45, 2.75) is 27.7 Å². The number of urea groups is 1. The lowest BCUT2D eigenvalue weighted by Crippen LogP contribution is -2.19. The first-order valence-electron chi connectivity index (χ1n) is 10.7. The van der Waals surface area contributed by atoms with E-state index in [4.69, 9.17) is 9.47 Å². The third-order valence-electron chi connectivity index (χ3n) is 5.32. The average Bonchev–Trinajstić information content (AvgIpc) is 3.14. The highest BCUT2D eigenvalue weighted by atomic mass is 16.5. The maximum absolute atomic E-state index is 12.4. The predicted octanol–water partition coefficient (Wildman–Crippen LogP) is 5.34. The minimum atomic E-state index is -0.344. The molecule has 2 aromatic carbocycles. The van der Waals surface area contributed by atoms with Gasteiger partial charge in [0.05, 0.1) is 12.8 Å². The van der Waals surface area contributed by atoms with Crippen LogP contribution < -0.4 is 20.1 Å². The molecule has 2 aromatic heterocycles. The number of hydrogen-bond donors (Lipinski definition) is 2.